The summed E-state index contributed by atoms with van der Waals surface area (Å²) in [5.74, 6) is -1.28. The van der Waals surface area contributed by atoms with Crippen molar-refractivity contribution >= 4 is 68.9 Å². The SMILES string of the molecule is O=C(Nc1ccc(C(=O)Nc2ccc(Cl)cc2)c(O)c1)c1ccc2cc(Cl)c(Cl)cc2n1. The zero-order valence-corrected chi connectivity index (χ0v) is 18.5. The maximum Gasteiger partial charge on any atom is 0.274 e. The first-order valence-corrected chi connectivity index (χ1v) is 10.4. The number of carbonyl (C=O) groups is 2. The number of hydrogen-bond donors (Lipinski definition) is 3. The number of carbonyl (C=O) groups excluding carboxylic acids is 2. The van der Waals surface area contributed by atoms with Crippen LogP contribution in [0.2, 0.25) is 15.1 Å². The van der Waals surface area contributed by atoms with Crippen LogP contribution < -0.4 is 10.6 Å². The lowest BCUT2D eigenvalue weighted by Gasteiger charge is -2.10. The third kappa shape index (κ3) is 4.78. The Morgan fingerprint density at radius 2 is 1.41 bits per heavy atom. The lowest BCUT2D eigenvalue weighted by molar-refractivity contribution is 0.101. The average molecular weight is 487 g/mol. The van der Waals surface area contributed by atoms with Crippen LogP contribution >= 0.6 is 34.8 Å². The van der Waals surface area contributed by atoms with Crippen molar-refractivity contribution in [3.63, 3.8) is 0 Å². The van der Waals surface area contributed by atoms with Crippen molar-refractivity contribution in [1.29, 1.82) is 0 Å². The van der Waals surface area contributed by atoms with Gasteiger partial charge in [0.15, 0.2) is 0 Å². The van der Waals surface area contributed by atoms with Gasteiger partial charge >= 0.3 is 0 Å². The van der Waals surface area contributed by atoms with Gasteiger partial charge in [0.1, 0.15) is 11.4 Å². The van der Waals surface area contributed by atoms with Gasteiger partial charge in [-0.1, -0.05) is 40.9 Å². The predicted octanol–water partition coefficient (Wildman–Crippen LogP) is 6.41. The number of hydrogen-bond acceptors (Lipinski definition) is 4. The van der Waals surface area contributed by atoms with Gasteiger partial charge in [0.05, 0.1) is 21.1 Å². The van der Waals surface area contributed by atoms with Crippen molar-refractivity contribution in [2.45, 2.75) is 0 Å². The molecule has 0 spiro atoms. The molecular formula is C23H14Cl3N3O3. The van der Waals surface area contributed by atoms with Gasteiger partial charge in [-0.2, -0.15) is 0 Å². The molecule has 0 saturated carbocycles. The molecule has 1 aromatic heterocycles. The summed E-state index contributed by atoms with van der Waals surface area (Å²) < 4.78 is 0. The summed E-state index contributed by atoms with van der Waals surface area (Å²) >= 11 is 17.9. The number of nitrogens with zero attached hydrogens (tertiary/aromatic N) is 1. The summed E-state index contributed by atoms with van der Waals surface area (Å²) in [4.78, 5) is 29.3. The van der Waals surface area contributed by atoms with E-state index >= 15 is 0 Å². The number of rotatable bonds is 4. The number of anilines is 2. The minimum Gasteiger partial charge on any atom is -0.507 e. The molecule has 3 aromatic carbocycles. The lowest BCUT2D eigenvalue weighted by Crippen LogP contribution is -2.15. The van der Waals surface area contributed by atoms with Crippen LogP contribution in [0.15, 0.2) is 66.7 Å². The first-order valence-electron chi connectivity index (χ1n) is 9.27. The smallest absolute Gasteiger partial charge is 0.274 e. The molecule has 0 fully saturated rings. The molecule has 0 radical (unpaired) electrons. The maximum absolute atomic E-state index is 12.6. The molecule has 0 bridgehead atoms. The molecule has 0 unspecified atom stereocenters. The molecule has 32 heavy (non-hydrogen) atoms. The average Bonchev–Trinajstić information content (AvgIpc) is 2.76. The highest BCUT2D eigenvalue weighted by atomic mass is 35.5. The number of amides is 2. The van der Waals surface area contributed by atoms with Crippen molar-refractivity contribution in [2.24, 2.45) is 0 Å². The van der Waals surface area contributed by atoms with E-state index < -0.39 is 11.8 Å². The summed E-state index contributed by atoms with van der Waals surface area (Å²) in [6, 6.07) is 17.3. The quantitative estimate of drug-likeness (QED) is 0.311. The van der Waals surface area contributed by atoms with Gasteiger partial charge < -0.3 is 15.7 Å². The summed E-state index contributed by atoms with van der Waals surface area (Å²) in [7, 11) is 0. The molecule has 2 amide bonds. The van der Waals surface area contributed by atoms with Gasteiger partial charge in [0.25, 0.3) is 11.8 Å². The van der Waals surface area contributed by atoms with Crippen molar-refractivity contribution in [2.75, 3.05) is 10.6 Å². The minimum atomic E-state index is -0.505. The molecular weight excluding hydrogens is 473 g/mol. The molecule has 6 nitrogen and oxygen atoms in total. The number of aromatic hydroxyl groups is 1. The fourth-order valence-electron chi connectivity index (χ4n) is 2.97. The van der Waals surface area contributed by atoms with Crippen molar-refractivity contribution in [1.82, 2.24) is 4.98 Å². The summed E-state index contributed by atoms with van der Waals surface area (Å²) in [5, 5.41) is 17.6. The molecule has 0 saturated heterocycles. The third-order valence-electron chi connectivity index (χ3n) is 4.57. The van der Waals surface area contributed by atoms with Crippen molar-refractivity contribution in [3.05, 3.63) is 93.1 Å². The van der Waals surface area contributed by atoms with E-state index in [9.17, 15) is 14.7 Å². The Morgan fingerprint density at radius 1 is 0.750 bits per heavy atom. The van der Waals surface area contributed by atoms with E-state index in [2.05, 4.69) is 15.6 Å². The van der Waals surface area contributed by atoms with Crippen LogP contribution in [0.4, 0.5) is 11.4 Å². The molecule has 3 N–H and O–H groups in total. The molecule has 0 aliphatic carbocycles. The fourth-order valence-corrected chi connectivity index (χ4v) is 3.43. The van der Waals surface area contributed by atoms with Crippen molar-refractivity contribution in [3.8, 4) is 5.75 Å². The Kier molecular flexibility index (Phi) is 6.19. The molecule has 9 heteroatoms. The second-order valence-electron chi connectivity index (χ2n) is 6.80. The van der Waals surface area contributed by atoms with E-state index in [0.29, 0.717) is 32.0 Å². The van der Waals surface area contributed by atoms with Gasteiger partial charge in [-0.3, -0.25) is 9.59 Å². The summed E-state index contributed by atoms with van der Waals surface area (Å²) in [6.45, 7) is 0. The number of nitrogens with one attached hydrogen (secondary N) is 2. The van der Waals surface area contributed by atoms with Gasteiger partial charge in [-0.05, 0) is 54.6 Å². The number of phenols is 1. The number of phenolic OH excluding ortho intramolecular Hbond substituents is 1. The maximum atomic E-state index is 12.6. The normalized spacial score (nSPS) is 10.7. The zero-order valence-electron chi connectivity index (χ0n) is 16.2. The van der Waals surface area contributed by atoms with E-state index in [0.717, 1.165) is 5.39 Å². The summed E-state index contributed by atoms with van der Waals surface area (Å²) in [6.07, 6.45) is 0. The Balaban J connectivity index is 1.50. The minimum absolute atomic E-state index is 0.0494. The first-order chi connectivity index (χ1) is 15.3. The van der Waals surface area contributed by atoms with Gasteiger partial charge in [-0.25, -0.2) is 4.98 Å². The zero-order chi connectivity index (χ0) is 22.8. The molecule has 1 heterocycles. The van der Waals surface area contributed by atoms with Gasteiger partial charge in [0.2, 0.25) is 0 Å². The molecule has 0 aliphatic heterocycles. The molecule has 0 atom stereocenters. The Morgan fingerprint density at radius 3 is 2.12 bits per heavy atom. The molecule has 160 valence electrons. The van der Waals surface area contributed by atoms with Crippen LogP contribution in [0, 0.1) is 0 Å². The predicted molar refractivity (Wildman–Crippen MR) is 127 cm³/mol. The Hall–Kier alpha value is -3.32. The Bertz CT molecular complexity index is 1360. The Labute approximate surface area is 197 Å². The molecule has 4 rings (SSSR count). The van der Waals surface area contributed by atoms with Crippen LogP contribution in [-0.4, -0.2) is 21.9 Å². The highest BCUT2D eigenvalue weighted by Gasteiger charge is 2.15. The largest absolute Gasteiger partial charge is 0.507 e. The summed E-state index contributed by atoms with van der Waals surface area (Å²) in [5.41, 5.74) is 1.55. The number of halogens is 3. The van der Waals surface area contributed by atoms with Crippen molar-refractivity contribution < 1.29 is 14.7 Å². The highest BCUT2D eigenvalue weighted by Crippen LogP contribution is 2.28. The number of pyridine rings is 1. The van der Waals surface area contributed by atoms with E-state index in [-0.39, 0.29) is 17.0 Å². The van der Waals surface area contributed by atoms with Crippen LogP contribution in [0.1, 0.15) is 20.8 Å². The topological polar surface area (TPSA) is 91.3 Å². The highest BCUT2D eigenvalue weighted by molar-refractivity contribution is 6.42. The lowest BCUT2D eigenvalue weighted by atomic mass is 10.1. The molecule has 0 aliphatic rings. The van der Waals surface area contributed by atoms with E-state index in [1.807, 2.05) is 0 Å². The first kappa shape index (κ1) is 21.9. The second-order valence-corrected chi connectivity index (χ2v) is 8.05. The van der Waals surface area contributed by atoms with Crippen LogP contribution in [0.25, 0.3) is 10.9 Å². The second kappa shape index (κ2) is 9.04. The standard InChI is InChI=1S/C23H14Cl3N3O3/c24-13-2-4-14(5-3-13)27-22(31)16-7-6-15(10-21(16)30)28-23(32)19-8-1-12-9-17(25)18(26)11-20(12)29-19/h1-11,30H,(H,27,31)(H,28,32). The van der Waals surface area contributed by atoms with E-state index in [1.165, 1.54) is 18.2 Å². The van der Waals surface area contributed by atoms with E-state index in [4.69, 9.17) is 34.8 Å². The monoisotopic (exact) mass is 485 g/mol. The van der Waals surface area contributed by atoms with Crippen LogP contribution in [0.5, 0.6) is 5.75 Å². The third-order valence-corrected chi connectivity index (χ3v) is 5.54. The van der Waals surface area contributed by atoms with Crippen LogP contribution in [-0.2, 0) is 0 Å². The van der Waals surface area contributed by atoms with E-state index in [1.54, 1.807) is 48.5 Å². The number of aromatic nitrogens is 1. The molecule has 4 aromatic rings. The number of fused-ring (bicyclic) bond motifs is 1. The number of benzene rings is 3. The van der Waals surface area contributed by atoms with Gasteiger partial charge in [0, 0.05) is 27.8 Å². The fraction of sp³-hybridized carbons (Fsp3) is 0. The van der Waals surface area contributed by atoms with Gasteiger partial charge in [-0.15, -0.1) is 0 Å². The van der Waals surface area contributed by atoms with Crippen LogP contribution in [0.3, 0.4) is 0 Å².